The number of hydrogen-bond donors (Lipinski definition) is 1. The quantitative estimate of drug-likeness (QED) is 0.680. The van der Waals surface area contributed by atoms with Crippen molar-refractivity contribution in [2.45, 2.75) is 0 Å². The van der Waals surface area contributed by atoms with E-state index in [9.17, 15) is 4.39 Å². The molecule has 0 spiro atoms. The number of anilines is 1. The molecule has 0 saturated carbocycles. The van der Waals surface area contributed by atoms with Gasteiger partial charge in [0.25, 0.3) is 0 Å². The Morgan fingerprint density at radius 2 is 2.00 bits per heavy atom. The van der Waals surface area contributed by atoms with Crippen LogP contribution in [0, 0.1) is 5.82 Å². The molecule has 3 rings (SSSR count). The number of nitrogen functional groups attached to an aromatic ring is 1. The fourth-order valence-electron chi connectivity index (χ4n) is 2.16. The van der Waals surface area contributed by atoms with Crippen LogP contribution in [0.3, 0.4) is 0 Å². The molecule has 0 unspecified atom stereocenters. The van der Waals surface area contributed by atoms with Gasteiger partial charge in [-0.1, -0.05) is 15.9 Å². The van der Waals surface area contributed by atoms with E-state index >= 15 is 0 Å². The van der Waals surface area contributed by atoms with Crippen LogP contribution < -0.4 is 10.5 Å². The lowest BCUT2D eigenvalue weighted by atomic mass is 10.2. The van der Waals surface area contributed by atoms with Gasteiger partial charge in [-0.3, -0.25) is 4.57 Å². The predicted molar refractivity (Wildman–Crippen MR) is 87.4 cm³/mol. The van der Waals surface area contributed by atoms with Crippen molar-refractivity contribution in [2.75, 3.05) is 12.8 Å². The lowest BCUT2D eigenvalue weighted by molar-refractivity contribution is 0.387. The number of rotatable bonds is 2. The van der Waals surface area contributed by atoms with Crippen LogP contribution in [0.25, 0.3) is 16.7 Å². The zero-order chi connectivity index (χ0) is 15.1. The normalized spacial score (nSPS) is 11.0. The largest absolute Gasteiger partial charge is 0.494 e. The molecule has 0 saturated heterocycles. The molecule has 0 fully saturated rings. The second kappa shape index (κ2) is 5.31. The Kier molecular flexibility index (Phi) is 3.62. The molecule has 3 aromatic rings. The second-order valence-corrected chi connectivity index (χ2v) is 6.15. The molecule has 2 N–H and O–H groups in total. The lowest BCUT2D eigenvalue weighted by Gasteiger charge is -2.10. The van der Waals surface area contributed by atoms with Crippen molar-refractivity contribution < 1.29 is 9.13 Å². The van der Waals surface area contributed by atoms with Crippen LogP contribution in [-0.4, -0.2) is 16.7 Å². The van der Waals surface area contributed by atoms with E-state index in [1.165, 1.54) is 13.2 Å². The molecule has 7 heteroatoms. The van der Waals surface area contributed by atoms with Crippen LogP contribution in [0.2, 0.25) is 0 Å². The maximum Gasteiger partial charge on any atom is 0.205 e. The van der Waals surface area contributed by atoms with Crippen LogP contribution in [0.1, 0.15) is 0 Å². The van der Waals surface area contributed by atoms with Gasteiger partial charge in [0.2, 0.25) is 5.95 Å². The summed E-state index contributed by atoms with van der Waals surface area (Å²) < 4.78 is 22.3. The summed E-state index contributed by atoms with van der Waals surface area (Å²) in [4.78, 5) is 4.21. The molecular formula is C14H10Br2FN3O. The van der Waals surface area contributed by atoms with Gasteiger partial charge in [-0.05, 0) is 34.1 Å². The molecule has 1 heterocycles. The maximum absolute atomic E-state index is 13.8. The first-order chi connectivity index (χ1) is 10.0. The highest BCUT2D eigenvalue weighted by Crippen LogP contribution is 2.33. The molecule has 21 heavy (non-hydrogen) atoms. The number of imidazole rings is 1. The van der Waals surface area contributed by atoms with Gasteiger partial charge in [-0.25, -0.2) is 9.37 Å². The predicted octanol–water partition coefficient (Wildman–Crippen LogP) is 4.28. The molecule has 108 valence electrons. The summed E-state index contributed by atoms with van der Waals surface area (Å²) in [7, 11) is 1.42. The summed E-state index contributed by atoms with van der Waals surface area (Å²) in [6.45, 7) is 0. The van der Waals surface area contributed by atoms with Crippen molar-refractivity contribution in [1.29, 1.82) is 0 Å². The Morgan fingerprint density at radius 3 is 2.71 bits per heavy atom. The van der Waals surface area contributed by atoms with E-state index in [-0.39, 0.29) is 11.7 Å². The van der Waals surface area contributed by atoms with Gasteiger partial charge >= 0.3 is 0 Å². The van der Waals surface area contributed by atoms with Crippen molar-refractivity contribution in [1.82, 2.24) is 9.55 Å². The van der Waals surface area contributed by atoms with Crippen molar-refractivity contribution in [3.63, 3.8) is 0 Å². The van der Waals surface area contributed by atoms with Gasteiger partial charge in [0.1, 0.15) is 0 Å². The average Bonchev–Trinajstić information content (AvgIpc) is 2.75. The molecule has 4 nitrogen and oxygen atoms in total. The van der Waals surface area contributed by atoms with E-state index in [0.717, 1.165) is 14.6 Å². The topological polar surface area (TPSA) is 53.1 Å². The molecule has 0 amide bonds. The van der Waals surface area contributed by atoms with Crippen LogP contribution in [0.5, 0.6) is 5.75 Å². The van der Waals surface area contributed by atoms with Crippen LogP contribution in [-0.2, 0) is 0 Å². The monoisotopic (exact) mass is 413 g/mol. The Morgan fingerprint density at radius 1 is 1.24 bits per heavy atom. The number of aromatic nitrogens is 2. The third-order valence-electron chi connectivity index (χ3n) is 3.10. The molecule has 0 radical (unpaired) electrons. The molecule has 0 aliphatic heterocycles. The average molecular weight is 415 g/mol. The van der Waals surface area contributed by atoms with E-state index in [2.05, 4.69) is 36.8 Å². The molecule has 2 aromatic carbocycles. The third kappa shape index (κ3) is 2.40. The molecule has 0 atom stereocenters. The SMILES string of the molecule is COc1cc2c(cc1F)nc(N)n2-c1cc(Br)ccc1Br. The number of benzene rings is 2. The first-order valence-electron chi connectivity index (χ1n) is 5.98. The van der Waals surface area contributed by atoms with Crippen molar-refractivity contribution in [3.8, 4) is 11.4 Å². The van der Waals surface area contributed by atoms with Crippen LogP contribution in [0.4, 0.5) is 10.3 Å². The van der Waals surface area contributed by atoms with Gasteiger partial charge in [0, 0.05) is 21.1 Å². The van der Waals surface area contributed by atoms with Crippen molar-refractivity contribution in [2.24, 2.45) is 0 Å². The van der Waals surface area contributed by atoms with E-state index < -0.39 is 5.82 Å². The first kappa shape index (κ1) is 14.3. The minimum atomic E-state index is -0.469. The number of hydrogen-bond acceptors (Lipinski definition) is 3. The van der Waals surface area contributed by atoms with E-state index in [1.807, 2.05) is 18.2 Å². The molecule has 0 bridgehead atoms. The minimum Gasteiger partial charge on any atom is -0.494 e. The molecule has 0 aliphatic carbocycles. The van der Waals surface area contributed by atoms with E-state index in [4.69, 9.17) is 10.5 Å². The fraction of sp³-hybridized carbons (Fsp3) is 0.0714. The number of nitrogens with zero attached hydrogens (tertiary/aromatic N) is 2. The molecule has 1 aromatic heterocycles. The second-order valence-electron chi connectivity index (χ2n) is 4.38. The summed E-state index contributed by atoms with van der Waals surface area (Å²) >= 11 is 6.92. The number of ether oxygens (including phenoxy) is 1. The van der Waals surface area contributed by atoms with Gasteiger partial charge in [0.05, 0.1) is 23.8 Å². The third-order valence-corrected chi connectivity index (χ3v) is 4.27. The Balaban J connectivity index is 2.36. The summed E-state index contributed by atoms with van der Waals surface area (Å²) in [5.74, 6) is -0.0471. The summed E-state index contributed by atoms with van der Waals surface area (Å²) in [6, 6.07) is 8.60. The number of methoxy groups -OCH3 is 1. The first-order valence-corrected chi connectivity index (χ1v) is 7.56. The highest BCUT2D eigenvalue weighted by Gasteiger charge is 2.16. The molecular weight excluding hydrogens is 405 g/mol. The molecule has 0 aliphatic rings. The van der Waals surface area contributed by atoms with Crippen LogP contribution in [0.15, 0.2) is 39.3 Å². The smallest absolute Gasteiger partial charge is 0.205 e. The van der Waals surface area contributed by atoms with Crippen molar-refractivity contribution in [3.05, 3.63) is 45.1 Å². The Hall–Kier alpha value is -1.60. The van der Waals surface area contributed by atoms with Gasteiger partial charge in [-0.2, -0.15) is 0 Å². The van der Waals surface area contributed by atoms with Gasteiger partial charge in [-0.15, -0.1) is 0 Å². The summed E-state index contributed by atoms with van der Waals surface area (Å²) in [6.07, 6.45) is 0. The maximum atomic E-state index is 13.8. The Bertz CT molecular complexity index is 848. The highest BCUT2D eigenvalue weighted by atomic mass is 79.9. The van der Waals surface area contributed by atoms with Gasteiger partial charge < -0.3 is 10.5 Å². The lowest BCUT2D eigenvalue weighted by Crippen LogP contribution is -2.01. The number of nitrogens with two attached hydrogens (primary N) is 1. The zero-order valence-corrected chi connectivity index (χ0v) is 14.1. The highest BCUT2D eigenvalue weighted by molar-refractivity contribution is 9.11. The van der Waals surface area contributed by atoms with E-state index in [1.54, 1.807) is 10.6 Å². The summed E-state index contributed by atoms with van der Waals surface area (Å²) in [5, 5.41) is 0. The van der Waals surface area contributed by atoms with Crippen molar-refractivity contribution >= 4 is 48.8 Å². The number of halogens is 3. The number of fused-ring (bicyclic) bond motifs is 1. The standard InChI is InChI=1S/C14H10Br2FN3O/c1-21-13-6-12-10(5-9(13)17)19-14(18)20(12)11-4-7(15)2-3-8(11)16/h2-6H,1H3,(H2,18,19). The Labute approximate surface area is 137 Å². The minimum absolute atomic E-state index is 0.148. The van der Waals surface area contributed by atoms with Crippen LogP contribution >= 0.6 is 31.9 Å². The zero-order valence-electron chi connectivity index (χ0n) is 10.9. The van der Waals surface area contributed by atoms with Gasteiger partial charge in [0.15, 0.2) is 11.6 Å². The van der Waals surface area contributed by atoms with E-state index in [0.29, 0.717) is 11.0 Å². The fourth-order valence-corrected chi connectivity index (χ4v) is 2.94. The summed E-state index contributed by atoms with van der Waals surface area (Å²) in [5.41, 5.74) is 7.94.